The van der Waals surface area contributed by atoms with Gasteiger partial charge >= 0.3 is 5.97 Å². The Morgan fingerprint density at radius 1 is 1.03 bits per heavy atom. The lowest BCUT2D eigenvalue weighted by Crippen LogP contribution is -2.60. The summed E-state index contributed by atoms with van der Waals surface area (Å²) in [6.07, 6.45) is 7.03. The topological polar surface area (TPSA) is 93.7 Å². The number of nitrogens with one attached hydrogen (secondary N) is 2. The fourth-order valence-electron chi connectivity index (χ4n) is 6.47. The Hall–Kier alpha value is -2.57. The van der Waals surface area contributed by atoms with Gasteiger partial charge in [0.2, 0.25) is 0 Å². The van der Waals surface area contributed by atoms with Crippen molar-refractivity contribution in [2.24, 2.45) is 23.7 Å². The zero-order valence-electron chi connectivity index (χ0n) is 19.9. The maximum absolute atomic E-state index is 12.8. The van der Waals surface area contributed by atoms with Gasteiger partial charge in [-0.1, -0.05) is 26.0 Å². The summed E-state index contributed by atoms with van der Waals surface area (Å²) in [6, 6.07) is 6.05. The van der Waals surface area contributed by atoms with Crippen LogP contribution in [0.15, 0.2) is 24.3 Å². The Morgan fingerprint density at radius 2 is 1.64 bits per heavy atom. The molecule has 7 heteroatoms. The van der Waals surface area contributed by atoms with Gasteiger partial charge in [0.15, 0.2) is 6.61 Å². The number of rotatable bonds is 9. The van der Waals surface area contributed by atoms with E-state index in [-0.39, 0.29) is 24.0 Å². The highest BCUT2D eigenvalue weighted by molar-refractivity contribution is 5.99. The third-order valence-corrected chi connectivity index (χ3v) is 7.43. The van der Waals surface area contributed by atoms with Crippen LogP contribution >= 0.6 is 0 Å². The van der Waals surface area contributed by atoms with Crippen LogP contribution in [0, 0.1) is 23.7 Å². The molecule has 4 saturated carbocycles. The predicted molar refractivity (Wildman–Crippen MR) is 124 cm³/mol. The molecule has 5 rings (SSSR count). The van der Waals surface area contributed by atoms with Crippen LogP contribution in [0.3, 0.4) is 0 Å². The van der Waals surface area contributed by atoms with E-state index in [1.54, 1.807) is 24.3 Å². The van der Waals surface area contributed by atoms with Gasteiger partial charge in [0.25, 0.3) is 11.8 Å². The molecule has 4 aliphatic rings. The van der Waals surface area contributed by atoms with Gasteiger partial charge in [-0.3, -0.25) is 9.59 Å². The molecule has 0 aliphatic heterocycles. The lowest BCUT2D eigenvalue weighted by Gasteiger charge is -2.56. The molecule has 2 N–H and O–H groups in total. The first-order valence-corrected chi connectivity index (χ1v) is 12.3. The predicted octanol–water partition coefficient (Wildman–Crippen LogP) is 3.47. The van der Waals surface area contributed by atoms with E-state index < -0.39 is 17.9 Å². The van der Waals surface area contributed by atoms with Crippen LogP contribution in [0.2, 0.25) is 0 Å². The molecule has 4 aliphatic carbocycles. The number of esters is 1. The van der Waals surface area contributed by atoms with Crippen LogP contribution in [0.4, 0.5) is 0 Å². The first-order valence-electron chi connectivity index (χ1n) is 12.3. The minimum atomic E-state index is -0.862. The summed E-state index contributed by atoms with van der Waals surface area (Å²) in [5, 5.41) is 5.97. The molecule has 1 atom stereocenters. The van der Waals surface area contributed by atoms with E-state index in [1.807, 2.05) is 20.8 Å². The van der Waals surface area contributed by atoms with Crippen molar-refractivity contribution < 1.29 is 23.9 Å². The second-order valence-corrected chi connectivity index (χ2v) is 10.5. The summed E-state index contributed by atoms with van der Waals surface area (Å²) in [4.78, 5) is 38.3. The van der Waals surface area contributed by atoms with Crippen LogP contribution in [-0.4, -0.2) is 42.6 Å². The number of para-hydroxylation sites is 1. The van der Waals surface area contributed by atoms with Gasteiger partial charge in [0.05, 0.1) is 12.2 Å². The number of hydrogen-bond acceptors (Lipinski definition) is 5. The number of amides is 2. The third-order valence-electron chi connectivity index (χ3n) is 7.43. The molecule has 1 unspecified atom stereocenters. The second kappa shape index (κ2) is 9.74. The fraction of sp³-hybridized carbons (Fsp3) is 0.654. The maximum atomic E-state index is 12.8. The number of carbonyl (C=O) groups is 3. The summed E-state index contributed by atoms with van der Waals surface area (Å²) in [6.45, 7) is 5.61. The molecule has 2 amide bonds. The van der Waals surface area contributed by atoms with Crippen molar-refractivity contribution in [3.63, 3.8) is 0 Å². The Kier molecular flexibility index (Phi) is 6.96. The second-order valence-electron chi connectivity index (χ2n) is 10.5. The lowest BCUT2D eigenvalue weighted by atomic mass is 9.53. The van der Waals surface area contributed by atoms with Gasteiger partial charge in [0.1, 0.15) is 11.8 Å². The molecule has 7 nitrogen and oxygen atoms in total. The van der Waals surface area contributed by atoms with E-state index in [0.717, 1.165) is 37.0 Å². The van der Waals surface area contributed by atoms with Crippen molar-refractivity contribution in [3.05, 3.63) is 29.8 Å². The number of carbonyl (C=O) groups excluding carboxylic acids is 3. The van der Waals surface area contributed by atoms with Crippen LogP contribution < -0.4 is 15.4 Å². The van der Waals surface area contributed by atoms with Gasteiger partial charge in [-0.05, 0) is 81.3 Å². The summed E-state index contributed by atoms with van der Waals surface area (Å²) in [7, 11) is 0. The monoisotopic (exact) mass is 456 g/mol. The summed E-state index contributed by atoms with van der Waals surface area (Å²) in [5.41, 5.74) is 0.241. The molecular formula is C26H36N2O5. The average Bonchev–Trinajstić information content (AvgIpc) is 2.75. The molecule has 0 aromatic heterocycles. The van der Waals surface area contributed by atoms with Crippen molar-refractivity contribution >= 4 is 17.8 Å². The van der Waals surface area contributed by atoms with Crippen LogP contribution in [0.1, 0.15) is 69.7 Å². The van der Waals surface area contributed by atoms with Gasteiger partial charge in [0, 0.05) is 5.54 Å². The smallest absolute Gasteiger partial charge is 0.329 e. The van der Waals surface area contributed by atoms with Gasteiger partial charge in [-0.2, -0.15) is 0 Å². The first kappa shape index (κ1) is 23.6. The zero-order valence-corrected chi connectivity index (χ0v) is 19.9. The summed E-state index contributed by atoms with van der Waals surface area (Å²) < 4.78 is 10.9. The normalized spacial score (nSPS) is 28.3. The third kappa shape index (κ3) is 5.33. The van der Waals surface area contributed by atoms with Gasteiger partial charge in [-0.25, -0.2) is 4.79 Å². The Bertz CT molecular complexity index is 861. The highest BCUT2D eigenvalue weighted by Gasteiger charge is 2.51. The molecule has 1 aromatic rings. The maximum Gasteiger partial charge on any atom is 0.329 e. The van der Waals surface area contributed by atoms with E-state index in [4.69, 9.17) is 9.47 Å². The van der Waals surface area contributed by atoms with Gasteiger partial charge < -0.3 is 20.1 Å². The van der Waals surface area contributed by atoms with Crippen molar-refractivity contribution in [1.29, 1.82) is 0 Å². The molecule has 33 heavy (non-hydrogen) atoms. The minimum Gasteiger partial charge on any atom is -0.493 e. The first-order chi connectivity index (χ1) is 15.8. The highest BCUT2D eigenvalue weighted by Crippen LogP contribution is 2.55. The number of hydrogen-bond donors (Lipinski definition) is 2. The van der Waals surface area contributed by atoms with Crippen molar-refractivity contribution in [2.45, 2.75) is 70.9 Å². The highest BCUT2D eigenvalue weighted by atomic mass is 16.5. The Morgan fingerprint density at radius 3 is 2.21 bits per heavy atom. The number of ether oxygens (including phenoxy) is 2. The minimum absolute atomic E-state index is 0.118. The molecule has 0 heterocycles. The zero-order chi connectivity index (χ0) is 23.6. The molecule has 1 aromatic carbocycles. The summed E-state index contributed by atoms with van der Waals surface area (Å²) in [5.74, 6) is 1.16. The Labute approximate surface area is 196 Å². The Balaban J connectivity index is 1.32. The molecular weight excluding hydrogens is 420 g/mol. The van der Waals surface area contributed by atoms with Crippen LogP contribution in [-0.2, 0) is 14.3 Å². The molecule has 0 saturated heterocycles. The average molecular weight is 457 g/mol. The molecule has 4 bridgehead atoms. The van der Waals surface area contributed by atoms with E-state index in [9.17, 15) is 14.4 Å². The van der Waals surface area contributed by atoms with Crippen molar-refractivity contribution in [3.8, 4) is 5.75 Å². The van der Waals surface area contributed by atoms with Crippen molar-refractivity contribution in [1.82, 2.24) is 10.6 Å². The molecule has 0 radical (unpaired) electrons. The SMILES string of the molecule is CCOc1ccccc1C(=O)NC(C(=O)OCC(=O)NC12CC3CC(CC(C3)C1)C2)C(C)C. The van der Waals surface area contributed by atoms with E-state index in [2.05, 4.69) is 10.6 Å². The van der Waals surface area contributed by atoms with Crippen LogP contribution in [0.25, 0.3) is 0 Å². The van der Waals surface area contributed by atoms with E-state index >= 15 is 0 Å². The largest absolute Gasteiger partial charge is 0.493 e. The standard InChI is InChI=1S/C26H36N2O5/c1-4-32-21-8-6-5-7-20(21)24(30)27-23(16(2)3)25(31)33-15-22(29)28-26-12-17-9-18(13-26)11-19(10-17)14-26/h5-8,16-19,23H,4,9-15H2,1-3H3,(H,27,30)(H,28,29). The quantitative estimate of drug-likeness (QED) is 0.555. The molecule has 180 valence electrons. The molecule has 4 fully saturated rings. The lowest BCUT2D eigenvalue weighted by molar-refractivity contribution is -0.152. The fourth-order valence-corrected chi connectivity index (χ4v) is 6.47. The number of benzene rings is 1. The summed E-state index contributed by atoms with van der Waals surface area (Å²) >= 11 is 0. The van der Waals surface area contributed by atoms with Gasteiger partial charge in [-0.15, -0.1) is 0 Å². The molecule has 0 spiro atoms. The van der Waals surface area contributed by atoms with Crippen molar-refractivity contribution in [2.75, 3.05) is 13.2 Å². The van der Waals surface area contributed by atoms with E-state index in [0.29, 0.717) is 17.9 Å². The van der Waals surface area contributed by atoms with E-state index in [1.165, 1.54) is 19.3 Å². The van der Waals surface area contributed by atoms with Crippen LogP contribution in [0.5, 0.6) is 5.75 Å².